The lowest BCUT2D eigenvalue weighted by Crippen LogP contribution is -2.35. The summed E-state index contributed by atoms with van der Waals surface area (Å²) in [6.45, 7) is 0.839. The average molecular weight is 469 g/mol. The molecule has 0 bridgehead atoms. The van der Waals surface area contributed by atoms with Gasteiger partial charge >= 0.3 is 0 Å². The first-order chi connectivity index (χ1) is 16.7. The van der Waals surface area contributed by atoms with E-state index in [4.69, 9.17) is 14.9 Å². The number of fused-ring (bicyclic) bond motifs is 1. The Morgan fingerprint density at radius 3 is 2.15 bits per heavy atom. The summed E-state index contributed by atoms with van der Waals surface area (Å²) in [5.74, 6) is 1.05. The predicted octanol–water partition coefficient (Wildman–Crippen LogP) is 4.81. The van der Waals surface area contributed by atoms with E-state index in [2.05, 4.69) is 10.1 Å². The molecule has 8 heteroatoms. The van der Waals surface area contributed by atoms with Crippen molar-refractivity contribution in [3.63, 3.8) is 0 Å². The smallest absolute Gasteiger partial charge is 0.283 e. The fourth-order valence-electron chi connectivity index (χ4n) is 3.35. The van der Waals surface area contributed by atoms with Crippen LogP contribution in [0.25, 0.3) is 6.08 Å². The van der Waals surface area contributed by atoms with E-state index in [-0.39, 0.29) is 11.4 Å². The Labute approximate surface area is 200 Å². The number of hydrogen-bond acceptors (Lipinski definition) is 6. The lowest BCUT2D eigenvalue weighted by molar-refractivity contribution is -0.114. The van der Waals surface area contributed by atoms with Crippen molar-refractivity contribution in [1.82, 2.24) is 5.01 Å². The van der Waals surface area contributed by atoms with Gasteiger partial charge < -0.3 is 9.47 Å². The largest absolute Gasteiger partial charge is 0.490 e. The van der Waals surface area contributed by atoms with Crippen LogP contribution >= 0.6 is 11.8 Å². The Morgan fingerprint density at radius 1 is 0.853 bits per heavy atom. The molecule has 2 heterocycles. The topological polar surface area (TPSA) is 87.3 Å². The molecule has 168 valence electrons. The summed E-state index contributed by atoms with van der Waals surface area (Å²) in [4.78, 5) is 16.8. The third-order valence-electron chi connectivity index (χ3n) is 5.03. The molecule has 0 unspecified atom stereocenters. The van der Waals surface area contributed by atoms with Gasteiger partial charge in [0.2, 0.25) is 5.17 Å². The molecule has 1 N–H and O–H groups in total. The van der Waals surface area contributed by atoms with Crippen LogP contribution in [0.5, 0.6) is 11.5 Å². The molecule has 1 amide bonds. The number of nitrogens with one attached hydrogen (secondary N) is 1. The van der Waals surface area contributed by atoms with Gasteiger partial charge in [-0.3, -0.25) is 10.2 Å². The molecule has 0 atom stereocenters. The molecular weight excluding hydrogens is 448 g/mol. The van der Waals surface area contributed by atoms with Gasteiger partial charge in [0.1, 0.15) is 29.8 Å². The number of para-hydroxylation sites is 1. The van der Waals surface area contributed by atoms with Crippen molar-refractivity contribution < 1.29 is 14.3 Å². The number of benzene rings is 3. The van der Waals surface area contributed by atoms with E-state index in [1.165, 1.54) is 16.8 Å². The van der Waals surface area contributed by atoms with E-state index >= 15 is 0 Å². The second-order valence-electron chi connectivity index (χ2n) is 7.37. The van der Waals surface area contributed by atoms with Crippen molar-refractivity contribution in [2.45, 2.75) is 0 Å². The van der Waals surface area contributed by atoms with Crippen LogP contribution in [0.15, 0.2) is 101 Å². The zero-order valence-electron chi connectivity index (χ0n) is 18.0. The van der Waals surface area contributed by atoms with Crippen LogP contribution in [0, 0.1) is 5.41 Å². The van der Waals surface area contributed by atoms with Crippen LogP contribution in [0.4, 0.5) is 0 Å². The predicted molar refractivity (Wildman–Crippen MR) is 134 cm³/mol. The standard InChI is InChI=1S/C26H20N4O3S/c27-23-22(24(31)28-26-30(23)29-25(34-26)19-7-3-1-4-8-19)17-18-11-13-21(14-12-18)33-16-15-32-20-9-5-2-6-10-20/h1-14,17,27H,15-16H2/b22-17-,27-23?. The monoisotopic (exact) mass is 468 g/mol. The van der Waals surface area contributed by atoms with Gasteiger partial charge in [-0.1, -0.05) is 60.7 Å². The lowest BCUT2D eigenvalue weighted by atomic mass is 10.1. The Kier molecular flexibility index (Phi) is 6.22. The van der Waals surface area contributed by atoms with Crippen molar-refractivity contribution in [1.29, 1.82) is 5.41 Å². The number of nitrogens with zero attached hydrogens (tertiary/aromatic N) is 3. The summed E-state index contributed by atoms with van der Waals surface area (Å²) in [6.07, 6.45) is 1.65. The minimum Gasteiger partial charge on any atom is -0.490 e. The number of ether oxygens (including phenoxy) is 2. The van der Waals surface area contributed by atoms with Crippen LogP contribution in [-0.4, -0.2) is 40.2 Å². The normalized spacial score (nSPS) is 16.2. The highest BCUT2D eigenvalue weighted by Crippen LogP contribution is 2.31. The molecule has 7 nitrogen and oxygen atoms in total. The molecule has 5 rings (SSSR count). The quantitative estimate of drug-likeness (QED) is 0.397. The molecular formula is C26H20N4O3S. The van der Waals surface area contributed by atoms with Gasteiger partial charge in [0.15, 0.2) is 5.84 Å². The third-order valence-corrected chi connectivity index (χ3v) is 5.99. The highest BCUT2D eigenvalue weighted by atomic mass is 32.2. The molecule has 0 fully saturated rings. The van der Waals surface area contributed by atoms with Crippen molar-refractivity contribution in [2.75, 3.05) is 13.2 Å². The molecule has 0 saturated heterocycles. The van der Waals surface area contributed by atoms with E-state index in [0.717, 1.165) is 16.9 Å². The first-order valence-electron chi connectivity index (χ1n) is 10.6. The van der Waals surface area contributed by atoms with Crippen molar-refractivity contribution in [3.8, 4) is 11.5 Å². The first kappa shape index (κ1) is 21.7. The Bertz CT molecular complexity index is 1300. The molecule has 0 spiro atoms. The Morgan fingerprint density at radius 2 is 1.47 bits per heavy atom. The maximum atomic E-state index is 12.6. The van der Waals surface area contributed by atoms with Gasteiger partial charge in [0, 0.05) is 5.56 Å². The van der Waals surface area contributed by atoms with E-state index in [9.17, 15) is 4.79 Å². The maximum absolute atomic E-state index is 12.6. The molecule has 3 aromatic carbocycles. The summed E-state index contributed by atoms with van der Waals surface area (Å²) in [6, 6.07) is 26.5. The number of hydrazone groups is 1. The van der Waals surface area contributed by atoms with Gasteiger partial charge in [-0.2, -0.15) is 15.1 Å². The second-order valence-corrected chi connectivity index (χ2v) is 8.33. The third kappa shape index (κ3) is 4.77. The maximum Gasteiger partial charge on any atom is 0.283 e. The molecule has 0 aromatic heterocycles. The Hall–Kier alpha value is -4.17. The number of hydrogen-bond donors (Lipinski definition) is 1. The first-order valence-corrected chi connectivity index (χ1v) is 11.5. The highest BCUT2D eigenvalue weighted by molar-refractivity contribution is 8.27. The number of amides is 1. The molecule has 34 heavy (non-hydrogen) atoms. The van der Waals surface area contributed by atoms with E-state index in [0.29, 0.717) is 29.2 Å². The van der Waals surface area contributed by atoms with E-state index in [1.54, 1.807) is 6.08 Å². The molecule has 3 aromatic rings. The molecule has 2 aliphatic rings. The summed E-state index contributed by atoms with van der Waals surface area (Å²) in [5.41, 5.74) is 1.87. The van der Waals surface area contributed by atoms with Gasteiger partial charge in [-0.25, -0.2) is 0 Å². The molecule has 0 saturated carbocycles. The van der Waals surface area contributed by atoms with Gasteiger partial charge in [-0.15, -0.1) is 0 Å². The number of aliphatic imine (C=N–C) groups is 1. The fourth-order valence-corrected chi connectivity index (χ4v) is 4.25. The number of rotatable bonds is 7. The van der Waals surface area contributed by atoms with Gasteiger partial charge in [0.05, 0.1) is 5.57 Å². The van der Waals surface area contributed by atoms with Crippen molar-refractivity contribution >= 4 is 39.8 Å². The summed E-state index contributed by atoms with van der Waals surface area (Å²) >= 11 is 1.28. The highest BCUT2D eigenvalue weighted by Gasteiger charge is 2.35. The molecule has 0 aliphatic carbocycles. The zero-order valence-corrected chi connectivity index (χ0v) is 18.9. The lowest BCUT2D eigenvalue weighted by Gasteiger charge is -2.20. The number of amidine groups is 2. The van der Waals surface area contributed by atoms with Crippen molar-refractivity contribution in [2.24, 2.45) is 10.1 Å². The Balaban J connectivity index is 1.23. The minimum absolute atomic E-state index is 0.00631. The average Bonchev–Trinajstić information content (AvgIpc) is 3.31. The van der Waals surface area contributed by atoms with E-state index < -0.39 is 5.91 Å². The SMILES string of the molecule is N=C1/C(=C/c2ccc(OCCOc3ccccc3)cc2)C(=O)N=C2SC(c3ccccc3)=NN12. The van der Waals surface area contributed by atoms with Crippen LogP contribution < -0.4 is 9.47 Å². The number of thioether (sulfide) groups is 1. The summed E-state index contributed by atoms with van der Waals surface area (Å²) in [7, 11) is 0. The van der Waals surface area contributed by atoms with Crippen LogP contribution in [0.2, 0.25) is 0 Å². The number of carbonyl (C=O) groups excluding carboxylic acids is 1. The van der Waals surface area contributed by atoms with Crippen molar-refractivity contribution in [3.05, 3.63) is 102 Å². The van der Waals surface area contributed by atoms with Crippen LogP contribution in [0.1, 0.15) is 11.1 Å². The van der Waals surface area contributed by atoms with E-state index in [1.807, 2.05) is 84.9 Å². The minimum atomic E-state index is -0.452. The molecule has 0 radical (unpaired) electrons. The number of carbonyl (C=O) groups is 1. The summed E-state index contributed by atoms with van der Waals surface area (Å²) < 4.78 is 11.3. The zero-order chi connectivity index (χ0) is 23.3. The molecule has 2 aliphatic heterocycles. The van der Waals surface area contributed by atoms with Gasteiger partial charge in [-0.05, 0) is 47.7 Å². The van der Waals surface area contributed by atoms with Gasteiger partial charge in [0.25, 0.3) is 5.91 Å². The fraction of sp³-hybridized carbons (Fsp3) is 0.0769. The second kappa shape index (κ2) is 9.76. The van der Waals surface area contributed by atoms with Crippen LogP contribution in [-0.2, 0) is 4.79 Å². The van der Waals surface area contributed by atoms with Crippen LogP contribution in [0.3, 0.4) is 0 Å². The summed E-state index contributed by atoms with van der Waals surface area (Å²) in [5, 5.41) is 15.5.